The molecule has 2 spiro atoms. The molecule has 0 radical (unpaired) electrons. The van der Waals surface area contributed by atoms with Crippen molar-refractivity contribution in [3.63, 3.8) is 0 Å². The highest BCUT2D eigenvalue weighted by Crippen LogP contribution is 2.86. The molecule has 1 saturated heterocycles. The third-order valence-corrected chi connectivity index (χ3v) is 27.8. The van der Waals surface area contributed by atoms with Gasteiger partial charge < -0.3 is 4.90 Å². The van der Waals surface area contributed by atoms with Crippen LogP contribution >= 0.6 is 12.6 Å². The minimum absolute atomic E-state index is 0.148. The van der Waals surface area contributed by atoms with E-state index in [1.807, 2.05) is 22.3 Å². The maximum atomic E-state index is 4.54. The van der Waals surface area contributed by atoms with Crippen LogP contribution < -0.4 is 0 Å². The lowest BCUT2D eigenvalue weighted by Gasteiger charge is -2.52. The molecule has 1 aliphatic heterocycles. The van der Waals surface area contributed by atoms with Crippen LogP contribution in [0, 0.1) is 0 Å². The second kappa shape index (κ2) is 7.54. The largest absolute Gasteiger partial charge is 0.301 e. The summed E-state index contributed by atoms with van der Waals surface area (Å²) in [5.41, 5.74) is 7.10. The van der Waals surface area contributed by atoms with Crippen LogP contribution in [-0.4, -0.2) is 30.3 Å². The van der Waals surface area contributed by atoms with E-state index in [1.54, 1.807) is 291 Å². The molecular weight excluding hydrogens is 923 g/mol. The van der Waals surface area contributed by atoms with Crippen molar-refractivity contribution in [1.82, 2.24) is 4.90 Å². The Hall–Kier alpha value is -7.23. The third-order valence-electron chi connectivity index (χ3n) is 27.5. The van der Waals surface area contributed by atoms with Crippen LogP contribution in [0.4, 0.5) is 0 Å². The van der Waals surface area contributed by atoms with Gasteiger partial charge in [0.05, 0.1) is 10.8 Å². The second-order valence-electron chi connectivity index (χ2n) is 28.2. The van der Waals surface area contributed by atoms with E-state index in [1.165, 1.54) is 57.8 Å². The molecule has 28 aromatic rings. The summed E-state index contributed by atoms with van der Waals surface area (Å²) in [4.78, 5) is 3.06. The van der Waals surface area contributed by atoms with Gasteiger partial charge in [-0.25, -0.2) is 0 Å². The maximum absolute atomic E-state index is 4.54. The zero-order valence-electron chi connectivity index (χ0n) is 40.2. The Bertz CT molecular complexity index is 7030. The number of thiol groups is 1. The molecular formula is C73H27NS. The monoisotopic (exact) mass is 949 g/mol. The van der Waals surface area contributed by atoms with Gasteiger partial charge in [-0.2, -0.15) is 12.6 Å². The Morgan fingerprint density at radius 1 is 0.267 bits per heavy atom. The minimum Gasteiger partial charge on any atom is -0.301 e. The average molecular weight is 950 g/mol. The molecule has 33 rings (SSSR count). The lowest BCUT2D eigenvalue weighted by molar-refractivity contribution is 0.244. The summed E-state index contributed by atoms with van der Waals surface area (Å²) in [6, 6.07) is 0.434. The highest BCUT2D eigenvalue weighted by atomic mass is 32.1. The van der Waals surface area contributed by atoms with Crippen molar-refractivity contribution in [3.8, 4) is 0 Å². The second-order valence-corrected chi connectivity index (χ2v) is 28.7. The van der Waals surface area contributed by atoms with Crippen molar-refractivity contribution in [2.24, 2.45) is 0 Å². The molecule has 28 aromatic carbocycles. The summed E-state index contributed by atoms with van der Waals surface area (Å²) >= 11 is 4.54. The number of hydrogen-bond acceptors (Lipinski definition) is 2. The van der Waals surface area contributed by atoms with E-state index in [0.717, 1.165) is 12.3 Å². The van der Waals surface area contributed by atoms with Crippen LogP contribution in [0.3, 0.4) is 0 Å². The van der Waals surface area contributed by atoms with Gasteiger partial charge in [0.1, 0.15) is 0 Å². The molecule has 0 N–H and O–H groups in total. The van der Waals surface area contributed by atoms with E-state index in [-0.39, 0.29) is 10.8 Å². The van der Waals surface area contributed by atoms with Crippen molar-refractivity contribution >= 4 is 303 Å². The van der Waals surface area contributed by atoms with E-state index in [0.29, 0.717) is 6.04 Å². The van der Waals surface area contributed by atoms with Gasteiger partial charge in [0.25, 0.3) is 0 Å². The van der Waals surface area contributed by atoms with Crippen LogP contribution in [-0.2, 0) is 10.8 Å². The quantitative estimate of drug-likeness (QED) is 0.0812. The van der Waals surface area contributed by atoms with E-state index in [9.17, 15) is 0 Å². The molecule has 1 nitrogen and oxygen atoms in total. The van der Waals surface area contributed by atoms with Gasteiger partial charge in [-0.15, -0.1) is 0 Å². The Morgan fingerprint density at radius 3 is 0.680 bits per heavy atom. The zero-order chi connectivity index (χ0) is 45.4. The molecule has 0 aromatic heterocycles. The van der Waals surface area contributed by atoms with E-state index < -0.39 is 0 Å². The summed E-state index contributed by atoms with van der Waals surface area (Å²) in [6.45, 7) is 1.14. The molecule has 330 valence electrons. The lowest BCUT2D eigenvalue weighted by Crippen LogP contribution is -2.54. The van der Waals surface area contributed by atoms with Gasteiger partial charge in [0.15, 0.2) is 0 Å². The van der Waals surface area contributed by atoms with Gasteiger partial charge in [0.2, 0.25) is 0 Å². The van der Waals surface area contributed by atoms with Crippen molar-refractivity contribution < 1.29 is 0 Å². The molecule has 2 heteroatoms. The minimum atomic E-state index is -0.153. The fraction of sp³-hybridized carbons (Fsp3) is 0.205. The normalized spacial score (nSPS) is 23.2. The molecule has 0 amide bonds. The zero-order valence-corrected chi connectivity index (χ0v) is 41.1. The SMILES string of the molecule is CN1CC23c4c5c6c7c8c9c(c%10c%11c2c2c4c4c%12c5c5c6c6c8c8c%13c9c9c%10c%10c%11c%11c2c2c4c4c%12c%12c5c5c6c8c6c8c%13c9c9c%10c%10c%11c2c2c4c4c%12c5c6c5c8c9c%10c2c45)C73C1CCCCCCCCCCS. The molecule has 5 aliphatic rings. The third kappa shape index (κ3) is 1.83. The Labute approximate surface area is 422 Å². The Kier molecular flexibility index (Phi) is 3.11. The summed E-state index contributed by atoms with van der Waals surface area (Å²) in [5, 5.41) is 92.2. The van der Waals surface area contributed by atoms with Gasteiger partial charge in [-0.05, 0) is 339 Å². The molecule has 0 bridgehead atoms. The van der Waals surface area contributed by atoms with Crippen LogP contribution in [0.2, 0.25) is 0 Å². The van der Waals surface area contributed by atoms with Crippen molar-refractivity contribution in [2.75, 3.05) is 19.3 Å². The van der Waals surface area contributed by atoms with E-state index >= 15 is 0 Å². The van der Waals surface area contributed by atoms with Gasteiger partial charge >= 0.3 is 0 Å². The summed E-state index contributed by atoms with van der Waals surface area (Å²) in [5.74, 6) is 1.03. The van der Waals surface area contributed by atoms with Crippen molar-refractivity contribution in [1.29, 1.82) is 0 Å². The predicted molar refractivity (Wildman–Crippen MR) is 326 cm³/mol. The topological polar surface area (TPSA) is 3.24 Å². The van der Waals surface area contributed by atoms with Crippen molar-refractivity contribution in [2.45, 2.75) is 74.7 Å². The highest BCUT2D eigenvalue weighted by Gasteiger charge is 2.75. The molecule has 75 heavy (non-hydrogen) atoms. The summed E-state index contributed by atoms with van der Waals surface area (Å²) in [6.07, 6.45) is 12.1. The first-order chi connectivity index (χ1) is 37.3. The Balaban J connectivity index is 0.996. The number of unbranched alkanes of at least 4 members (excludes halogenated alkanes) is 7. The number of rotatable bonds is 10. The molecule has 1 fully saturated rings. The predicted octanol–water partition coefficient (Wildman–Crippen LogP) is 20.0. The molecule has 1 unspecified atom stereocenters. The molecule has 0 saturated carbocycles. The number of hydrogen-bond donors (Lipinski definition) is 1. The van der Waals surface area contributed by atoms with Crippen LogP contribution in [0.25, 0.3) is 291 Å². The first kappa shape index (κ1) is 31.0. The van der Waals surface area contributed by atoms with Crippen LogP contribution in [0.1, 0.15) is 80.0 Å². The number of benzene rings is 18. The number of likely N-dealkylation sites (N-methyl/N-ethyl adjacent to an activating group) is 1. The van der Waals surface area contributed by atoms with Crippen molar-refractivity contribution in [3.05, 3.63) is 22.3 Å². The fourth-order valence-electron chi connectivity index (χ4n) is 27.1. The smallest absolute Gasteiger partial charge is 0.0533 e. The van der Waals surface area contributed by atoms with Gasteiger partial charge in [0, 0.05) is 12.6 Å². The van der Waals surface area contributed by atoms with Crippen LogP contribution in [0.5, 0.6) is 0 Å². The number of nitrogens with zero attached hydrogens (tertiary/aromatic N) is 1. The maximum Gasteiger partial charge on any atom is 0.0533 e. The molecule has 1 heterocycles. The Morgan fingerprint density at radius 2 is 0.453 bits per heavy atom. The summed E-state index contributed by atoms with van der Waals surface area (Å²) < 4.78 is 0. The first-order valence-electron chi connectivity index (χ1n) is 29.4. The van der Waals surface area contributed by atoms with E-state index in [4.69, 9.17) is 0 Å². The van der Waals surface area contributed by atoms with E-state index in [2.05, 4.69) is 24.6 Å². The fourth-order valence-corrected chi connectivity index (χ4v) is 27.3. The van der Waals surface area contributed by atoms with Gasteiger partial charge in [-0.1, -0.05) is 44.9 Å². The first-order valence-corrected chi connectivity index (χ1v) is 30.0. The summed E-state index contributed by atoms with van der Waals surface area (Å²) in [7, 11) is 2.65. The standard InChI is InChI=1S/C73H27NS/c1-74-12-72-68-60-52-42-32-24-16-14-15-18-22-20(16)28-36-30(22)40-34-26(18)27-19(15)23-21-17(14)25(24)33-39-29(21)37-31(23)41-35(27)45-44(34)56-50(40)58-48(36)54(46(52)38(28)32)62(68)64(58)70-66(56)67-57(45)51(41)59-49(37)55-47(39)53(43(33)42)61(60)69(72)63(55)65(59)71(67)73(70,72)13(74)10-8-6-4-2-3-5-7-9-11-75/h13,75H,2-12H2,1H3. The highest BCUT2D eigenvalue weighted by molar-refractivity contribution is 7.80. The molecule has 1 atom stereocenters. The van der Waals surface area contributed by atoms with Crippen LogP contribution in [0.15, 0.2) is 0 Å². The average Bonchev–Trinajstić information content (AvgIpc) is 3.21. The lowest BCUT2D eigenvalue weighted by atomic mass is 9.48. The number of likely N-dealkylation sites (tertiary alicyclic amines) is 1. The van der Waals surface area contributed by atoms with Gasteiger partial charge in [-0.3, -0.25) is 0 Å². The molecule has 4 aliphatic carbocycles.